The van der Waals surface area contributed by atoms with Crippen LogP contribution in [-0.4, -0.2) is 37.1 Å². The molecule has 0 aromatic heterocycles. The Labute approximate surface area is 114 Å². The highest BCUT2D eigenvalue weighted by atomic mass is 15.2. The van der Waals surface area contributed by atoms with E-state index in [1.54, 1.807) is 0 Å². The Balaban J connectivity index is 1.80. The summed E-state index contributed by atoms with van der Waals surface area (Å²) in [5, 5.41) is 3.81. The lowest BCUT2D eigenvalue weighted by Crippen LogP contribution is -2.51. The molecule has 1 aliphatic carbocycles. The number of piperidine rings is 1. The molecule has 1 heterocycles. The first kappa shape index (κ1) is 14.3. The van der Waals surface area contributed by atoms with Gasteiger partial charge >= 0.3 is 0 Å². The number of nitrogens with zero attached hydrogens (tertiary/aromatic N) is 1. The lowest BCUT2D eigenvalue weighted by molar-refractivity contribution is 0.128. The first-order valence-corrected chi connectivity index (χ1v) is 7.92. The summed E-state index contributed by atoms with van der Waals surface area (Å²) in [5.41, 5.74) is 0.403. The second-order valence-electron chi connectivity index (χ2n) is 7.81. The van der Waals surface area contributed by atoms with Gasteiger partial charge in [0.2, 0.25) is 0 Å². The van der Waals surface area contributed by atoms with E-state index in [0.29, 0.717) is 5.41 Å². The summed E-state index contributed by atoms with van der Waals surface area (Å²) in [6.45, 7) is 14.5. The molecule has 1 saturated heterocycles. The monoisotopic (exact) mass is 252 g/mol. The Kier molecular flexibility index (Phi) is 4.71. The fourth-order valence-electron chi connectivity index (χ4n) is 3.01. The Morgan fingerprint density at radius 1 is 1.11 bits per heavy atom. The largest absolute Gasteiger partial charge is 0.312 e. The van der Waals surface area contributed by atoms with Crippen molar-refractivity contribution in [3.8, 4) is 0 Å². The zero-order chi connectivity index (χ0) is 13.2. The SMILES string of the molecule is CCC1CC(NCC(C)(C)C)CN(CC2CC2)C1. The molecule has 1 aliphatic heterocycles. The summed E-state index contributed by atoms with van der Waals surface area (Å²) >= 11 is 0. The van der Waals surface area contributed by atoms with Crippen molar-refractivity contribution in [3.63, 3.8) is 0 Å². The maximum Gasteiger partial charge on any atom is 0.0198 e. The molecular formula is C16H32N2. The minimum Gasteiger partial charge on any atom is -0.312 e. The van der Waals surface area contributed by atoms with Gasteiger partial charge in [-0.15, -0.1) is 0 Å². The van der Waals surface area contributed by atoms with Gasteiger partial charge in [-0.05, 0) is 36.5 Å². The zero-order valence-corrected chi connectivity index (χ0v) is 12.8. The summed E-state index contributed by atoms with van der Waals surface area (Å²) in [7, 11) is 0. The quantitative estimate of drug-likeness (QED) is 0.809. The van der Waals surface area contributed by atoms with E-state index in [0.717, 1.165) is 24.4 Å². The average Bonchev–Trinajstić information content (AvgIpc) is 3.09. The van der Waals surface area contributed by atoms with E-state index in [1.165, 1.54) is 45.3 Å². The third-order valence-electron chi connectivity index (χ3n) is 4.32. The molecule has 2 atom stereocenters. The Hall–Kier alpha value is -0.0800. The van der Waals surface area contributed by atoms with Crippen molar-refractivity contribution < 1.29 is 0 Å². The number of likely N-dealkylation sites (tertiary alicyclic amines) is 1. The van der Waals surface area contributed by atoms with Gasteiger partial charge in [0.05, 0.1) is 0 Å². The van der Waals surface area contributed by atoms with Crippen LogP contribution in [0.3, 0.4) is 0 Å². The lowest BCUT2D eigenvalue weighted by Gasteiger charge is -2.39. The van der Waals surface area contributed by atoms with Crippen LogP contribution in [0.25, 0.3) is 0 Å². The summed E-state index contributed by atoms with van der Waals surface area (Å²) < 4.78 is 0. The van der Waals surface area contributed by atoms with Gasteiger partial charge in [0, 0.05) is 32.2 Å². The maximum atomic E-state index is 3.81. The molecule has 0 radical (unpaired) electrons. The van der Waals surface area contributed by atoms with Crippen LogP contribution in [0.4, 0.5) is 0 Å². The molecule has 2 nitrogen and oxygen atoms in total. The molecule has 1 N–H and O–H groups in total. The zero-order valence-electron chi connectivity index (χ0n) is 12.8. The smallest absolute Gasteiger partial charge is 0.0198 e. The van der Waals surface area contributed by atoms with Gasteiger partial charge in [-0.2, -0.15) is 0 Å². The molecule has 0 bridgehead atoms. The van der Waals surface area contributed by atoms with Gasteiger partial charge in [0.15, 0.2) is 0 Å². The van der Waals surface area contributed by atoms with Gasteiger partial charge in [-0.1, -0.05) is 34.1 Å². The molecule has 18 heavy (non-hydrogen) atoms. The van der Waals surface area contributed by atoms with E-state index in [1.807, 2.05) is 0 Å². The van der Waals surface area contributed by atoms with Crippen molar-refractivity contribution >= 4 is 0 Å². The number of hydrogen-bond donors (Lipinski definition) is 1. The minimum absolute atomic E-state index is 0.403. The molecule has 2 fully saturated rings. The summed E-state index contributed by atoms with van der Waals surface area (Å²) in [4.78, 5) is 2.73. The molecule has 2 unspecified atom stereocenters. The standard InChI is InChI=1S/C16H32N2/c1-5-13-8-15(17-12-16(2,3)4)11-18(9-13)10-14-6-7-14/h13-15,17H,5-12H2,1-4H3. The van der Waals surface area contributed by atoms with Crippen molar-refractivity contribution in [2.75, 3.05) is 26.2 Å². The molecule has 2 rings (SSSR count). The number of hydrogen-bond acceptors (Lipinski definition) is 2. The third-order valence-corrected chi connectivity index (χ3v) is 4.32. The Morgan fingerprint density at radius 2 is 1.83 bits per heavy atom. The van der Waals surface area contributed by atoms with Crippen molar-refractivity contribution in [2.45, 2.75) is 59.4 Å². The third kappa shape index (κ3) is 4.89. The molecule has 106 valence electrons. The highest BCUT2D eigenvalue weighted by Gasteiger charge is 2.31. The van der Waals surface area contributed by atoms with Gasteiger partial charge in [-0.3, -0.25) is 0 Å². The van der Waals surface area contributed by atoms with E-state index < -0.39 is 0 Å². The van der Waals surface area contributed by atoms with Crippen LogP contribution in [-0.2, 0) is 0 Å². The number of nitrogens with one attached hydrogen (secondary N) is 1. The highest BCUT2D eigenvalue weighted by molar-refractivity contribution is 4.87. The van der Waals surface area contributed by atoms with Crippen LogP contribution >= 0.6 is 0 Å². The normalized spacial score (nSPS) is 30.7. The summed E-state index contributed by atoms with van der Waals surface area (Å²) in [5.74, 6) is 1.94. The topological polar surface area (TPSA) is 15.3 Å². The lowest BCUT2D eigenvalue weighted by atomic mass is 9.90. The van der Waals surface area contributed by atoms with Crippen LogP contribution in [0.5, 0.6) is 0 Å². The van der Waals surface area contributed by atoms with E-state index in [9.17, 15) is 0 Å². The first-order valence-electron chi connectivity index (χ1n) is 7.92. The van der Waals surface area contributed by atoms with E-state index in [4.69, 9.17) is 0 Å². The Bertz CT molecular complexity index is 252. The van der Waals surface area contributed by atoms with Gasteiger partial charge in [0.1, 0.15) is 0 Å². The van der Waals surface area contributed by atoms with Gasteiger partial charge in [-0.25, -0.2) is 0 Å². The minimum atomic E-state index is 0.403. The highest BCUT2D eigenvalue weighted by Crippen LogP contribution is 2.31. The molecule has 0 aromatic rings. The first-order chi connectivity index (χ1) is 8.46. The van der Waals surface area contributed by atoms with Gasteiger partial charge < -0.3 is 10.2 Å². The maximum absolute atomic E-state index is 3.81. The van der Waals surface area contributed by atoms with Crippen LogP contribution in [0.1, 0.15) is 53.4 Å². The molecule has 1 saturated carbocycles. The average molecular weight is 252 g/mol. The second kappa shape index (κ2) is 5.92. The molecule has 0 spiro atoms. The predicted molar refractivity (Wildman–Crippen MR) is 78.8 cm³/mol. The summed E-state index contributed by atoms with van der Waals surface area (Å²) in [6.07, 6.45) is 5.68. The molecule has 0 amide bonds. The molecule has 0 aromatic carbocycles. The van der Waals surface area contributed by atoms with Crippen LogP contribution < -0.4 is 5.32 Å². The van der Waals surface area contributed by atoms with E-state index in [-0.39, 0.29) is 0 Å². The summed E-state index contributed by atoms with van der Waals surface area (Å²) in [6, 6.07) is 0.724. The van der Waals surface area contributed by atoms with Crippen molar-refractivity contribution in [2.24, 2.45) is 17.3 Å². The molecule has 2 aliphatic rings. The van der Waals surface area contributed by atoms with Crippen molar-refractivity contribution in [1.82, 2.24) is 10.2 Å². The number of rotatable bonds is 5. The van der Waals surface area contributed by atoms with Crippen molar-refractivity contribution in [3.05, 3.63) is 0 Å². The van der Waals surface area contributed by atoms with Crippen LogP contribution in [0.15, 0.2) is 0 Å². The Morgan fingerprint density at radius 3 is 2.39 bits per heavy atom. The predicted octanol–water partition coefficient (Wildman–Crippen LogP) is 3.13. The van der Waals surface area contributed by atoms with Gasteiger partial charge in [0.25, 0.3) is 0 Å². The van der Waals surface area contributed by atoms with Crippen molar-refractivity contribution in [1.29, 1.82) is 0 Å². The fraction of sp³-hybridized carbons (Fsp3) is 1.00. The van der Waals surface area contributed by atoms with Crippen LogP contribution in [0.2, 0.25) is 0 Å². The molecule has 2 heteroatoms. The van der Waals surface area contributed by atoms with Crippen LogP contribution in [0, 0.1) is 17.3 Å². The fourth-order valence-corrected chi connectivity index (χ4v) is 3.01. The molecular weight excluding hydrogens is 220 g/mol. The van der Waals surface area contributed by atoms with E-state index >= 15 is 0 Å². The second-order valence-corrected chi connectivity index (χ2v) is 7.81. The van der Waals surface area contributed by atoms with E-state index in [2.05, 4.69) is 37.9 Å².